The average molecular weight is 318 g/mol. The lowest BCUT2D eigenvalue weighted by Gasteiger charge is -2.33. The van der Waals surface area contributed by atoms with Crippen molar-refractivity contribution in [2.45, 2.75) is 6.10 Å². The molecule has 23 heavy (non-hydrogen) atoms. The summed E-state index contributed by atoms with van der Waals surface area (Å²) < 4.78 is 0. The average Bonchev–Trinajstić information content (AvgIpc) is 2.58. The molecule has 6 heteroatoms. The molecule has 1 aliphatic rings. The van der Waals surface area contributed by atoms with Gasteiger partial charge in [0.1, 0.15) is 5.84 Å². The minimum Gasteiger partial charge on any atom is -0.390 e. The maximum absolute atomic E-state index is 10.1. The van der Waals surface area contributed by atoms with Gasteiger partial charge in [-0.1, -0.05) is 36.4 Å². The smallest absolute Gasteiger partial charge is 0.144 e. The molecular weight excluding hydrogens is 292 g/mol. The lowest BCUT2D eigenvalue weighted by molar-refractivity contribution is 0.0849. The number of aliphatic imine (C=N–C) groups is 1. The highest BCUT2D eigenvalue weighted by Crippen LogP contribution is 2.02. The van der Waals surface area contributed by atoms with Gasteiger partial charge in [-0.3, -0.25) is 20.6 Å². The topological polar surface area (TPSA) is 71.3 Å². The van der Waals surface area contributed by atoms with Gasteiger partial charge >= 0.3 is 0 Å². The summed E-state index contributed by atoms with van der Waals surface area (Å²) in [5.74, 6) is 0.339. The summed E-state index contributed by atoms with van der Waals surface area (Å²) in [5, 5.41) is 19.2. The SMILES string of the molecule is CN1CCN(CC(O)CN=C(C=Cc2ccccc2)NO)CC1. The number of hydrogen-bond acceptors (Lipinski definition) is 5. The quantitative estimate of drug-likeness (QED) is 0.409. The molecule has 0 spiro atoms. The van der Waals surface area contributed by atoms with Gasteiger partial charge < -0.3 is 10.0 Å². The van der Waals surface area contributed by atoms with Crippen LogP contribution in [0.2, 0.25) is 0 Å². The number of likely N-dealkylation sites (N-methyl/N-ethyl adjacent to an activating group) is 1. The van der Waals surface area contributed by atoms with Crippen LogP contribution in [0.4, 0.5) is 0 Å². The number of hydrogen-bond donors (Lipinski definition) is 3. The summed E-state index contributed by atoms with van der Waals surface area (Å²) >= 11 is 0. The van der Waals surface area contributed by atoms with Crippen LogP contribution in [0.1, 0.15) is 5.56 Å². The minimum atomic E-state index is -0.535. The maximum Gasteiger partial charge on any atom is 0.144 e. The fourth-order valence-electron chi connectivity index (χ4n) is 2.45. The van der Waals surface area contributed by atoms with Crippen molar-refractivity contribution in [1.82, 2.24) is 15.3 Å². The third-order valence-electron chi connectivity index (χ3n) is 3.88. The van der Waals surface area contributed by atoms with Crippen molar-refractivity contribution in [3.05, 3.63) is 42.0 Å². The Morgan fingerprint density at radius 3 is 2.61 bits per heavy atom. The molecule has 1 saturated heterocycles. The summed E-state index contributed by atoms with van der Waals surface area (Å²) in [7, 11) is 2.11. The van der Waals surface area contributed by atoms with Crippen molar-refractivity contribution in [3.8, 4) is 0 Å². The standard InChI is InChI=1S/C17H26N4O2/c1-20-9-11-21(12-10-20)14-16(22)13-18-17(19-23)8-7-15-5-3-2-4-6-15/h2-8,16,22-23H,9-14H2,1H3,(H,18,19). The second-order valence-corrected chi connectivity index (χ2v) is 5.84. The predicted molar refractivity (Wildman–Crippen MR) is 92.6 cm³/mol. The van der Waals surface area contributed by atoms with Crippen molar-refractivity contribution < 1.29 is 10.3 Å². The number of benzene rings is 1. The first-order valence-corrected chi connectivity index (χ1v) is 7.94. The molecule has 0 aromatic heterocycles. The fourth-order valence-corrected chi connectivity index (χ4v) is 2.45. The second-order valence-electron chi connectivity index (χ2n) is 5.84. The summed E-state index contributed by atoms with van der Waals surface area (Å²) in [6, 6.07) is 9.78. The molecular formula is C17H26N4O2. The van der Waals surface area contributed by atoms with Gasteiger partial charge in [0.05, 0.1) is 12.6 Å². The Kier molecular flexibility index (Phi) is 7.22. The molecule has 0 amide bonds. The number of hydroxylamine groups is 1. The summed E-state index contributed by atoms with van der Waals surface area (Å²) in [4.78, 5) is 8.74. The molecule has 1 fully saturated rings. The van der Waals surface area contributed by atoms with Crippen LogP contribution < -0.4 is 5.48 Å². The summed E-state index contributed by atoms with van der Waals surface area (Å²) in [6.07, 6.45) is 3.01. The molecule has 0 radical (unpaired) electrons. The fraction of sp³-hybridized carbons (Fsp3) is 0.471. The van der Waals surface area contributed by atoms with Crippen molar-refractivity contribution >= 4 is 11.9 Å². The van der Waals surface area contributed by atoms with Crippen molar-refractivity contribution in [2.75, 3.05) is 46.3 Å². The molecule has 1 heterocycles. The van der Waals surface area contributed by atoms with Crippen LogP contribution in [0.25, 0.3) is 6.08 Å². The van der Waals surface area contributed by atoms with Gasteiger partial charge in [-0.2, -0.15) is 0 Å². The van der Waals surface area contributed by atoms with Crippen LogP contribution >= 0.6 is 0 Å². The molecule has 0 bridgehead atoms. The van der Waals surface area contributed by atoms with E-state index in [9.17, 15) is 5.11 Å². The van der Waals surface area contributed by atoms with Gasteiger partial charge in [0.15, 0.2) is 0 Å². The summed E-state index contributed by atoms with van der Waals surface area (Å²) in [5.41, 5.74) is 3.09. The number of aliphatic hydroxyl groups is 1. The van der Waals surface area contributed by atoms with Crippen LogP contribution in [-0.4, -0.2) is 78.4 Å². The highest BCUT2D eigenvalue weighted by atomic mass is 16.5. The Morgan fingerprint density at radius 2 is 1.96 bits per heavy atom. The van der Waals surface area contributed by atoms with Crippen LogP contribution in [0.3, 0.4) is 0 Å². The molecule has 6 nitrogen and oxygen atoms in total. The zero-order valence-corrected chi connectivity index (χ0v) is 13.6. The highest BCUT2D eigenvalue weighted by Gasteiger charge is 2.16. The number of piperazine rings is 1. The number of β-amino-alcohol motifs (C(OH)–C–C–N with tert-alkyl or cyclic N) is 1. The molecule has 1 aromatic carbocycles. The number of aliphatic hydroxyl groups excluding tert-OH is 1. The van der Waals surface area contributed by atoms with Crippen LogP contribution in [0, 0.1) is 0 Å². The monoisotopic (exact) mass is 318 g/mol. The normalized spacial score (nSPS) is 19.2. The maximum atomic E-state index is 10.1. The Hall–Kier alpha value is -1.73. The van der Waals surface area contributed by atoms with Crippen molar-refractivity contribution in [1.29, 1.82) is 0 Å². The van der Waals surface area contributed by atoms with Gasteiger partial charge in [-0.15, -0.1) is 0 Å². The molecule has 3 N–H and O–H groups in total. The number of nitrogens with zero attached hydrogens (tertiary/aromatic N) is 3. The Bertz CT molecular complexity index is 511. The predicted octanol–water partition coefficient (Wildman–Crippen LogP) is 0.685. The first kappa shape index (κ1) is 17.6. The van der Waals surface area contributed by atoms with E-state index < -0.39 is 6.10 Å². The molecule has 2 rings (SSSR count). The molecule has 0 saturated carbocycles. The lowest BCUT2D eigenvalue weighted by Crippen LogP contribution is -2.47. The second kappa shape index (κ2) is 9.42. The zero-order valence-electron chi connectivity index (χ0n) is 13.6. The third kappa shape index (κ3) is 6.50. The van der Waals surface area contributed by atoms with Crippen LogP contribution in [0.15, 0.2) is 41.4 Å². The molecule has 126 valence electrons. The number of rotatable bonds is 6. The summed E-state index contributed by atoms with van der Waals surface area (Å²) in [6.45, 7) is 4.86. The van der Waals surface area contributed by atoms with Crippen molar-refractivity contribution in [3.63, 3.8) is 0 Å². The molecule has 0 aliphatic carbocycles. The molecule has 1 aliphatic heterocycles. The van der Waals surface area contributed by atoms with E-state index in [1.54, 1.807) is 6.08 Å². The zero-order chi connectivity index (χ0) is 16.5. The third-order valence-corrected chi connectivity index (χ3v) is 3.88. The lowest BCUT2D eigenvalue weighted by atomic mass is 10.2. The van der Waals surface area contributed by atoms with Crippen LogP contribution in [0.5, 0.6) is 0 Å². The molecule has 1 atom stereocenters. The van der Waals surface area contributed by atoms with Gasteiger partial charge in [-0.05, 0) is 18.7 Å². The highest BCUT2D eigenvalue weighted by molar-refractivity contribution is 5.95. The Labute approximate surface area is 137 Å². The Morgan fingerprint density at radius 1 is 1.26 bits per heavy atom. The van der Waals surface area contributed by atoms with E-state index in [0.29, 0.717) is 12.4 Å². The number of nitrogens with one attached hydrogen (secondary N) is 1. The van der Waals surface area contributed by atoms with Gasteiger partial charge in [0.25, 0.3) is 0 Å². The first-order chi connectivity index (χ1) is 11.2. The largest absolute Gasteiger partial charge is 0.390 e. The van der Waals surface area contributed by atoms with E-state index in [0.717, 1.165) is 31.7 Å². The van der Waals surface area contributed by atoms with E-state index in [1.807, 2.05) is 36.4 Å². The van der Waals surface area contributed by atoms with Gasteiger partial charge in [0, 0.05) is 32.7 Å². The Balaban J connectivity index is 1.80. The van der Waals surface area contributed by atoms with Gasteiger partial charge in [0.2, 0.25) is 0 Å². The van der Waals surface area contributed by atoms with Crippen LogP contribution in [-0.2, 0) is 0 Å². The number of amidine groups is 1. The first-order valence-electron chi connectivity index (χ1n) is 7.94. The minimum absolute atomic E-state index is 0.258. The van der Waals surface area contributed by atoms with E-state index in [4.69, 9.17) is 5.21 Å². The van der Waals surface area contributed by atoms with Crippen molar-refractivity contribution in [2.24, 2.45) is 4.99 Å². The molecule has 1 unspecified atom stereocenters. The van der Waals surface area contributed by atoms with E-state index in [-0.39, 0.29) is 6.54 Å². The van der Waals surface area contributed by atoms with E-state index >= 15 is 0 Å². The van der Waals surface area contributed by atoms with E-state index in [1.165, 1.54) is 0 Å². The van der Waals surface area contributed by atoms with E-state index in [2.05, 4.69) is 27.3 Å². The van der Waals surface area contributed by atoms with Gasteiger partial charge in [-0.25, -0.2) is 0 Å². The molecule has 1 aromatic rings.